The van der Waals surface area contributed by atoms with E-state index in [0.29, 0.717) is 17.3 Å². The van der Waals surface area contributed by atoms with Crippen molar-refractivity contribution >= 4 is 35.1 Å². The molecule has 7 heteroatoms. The summed E-state index contributed by atoms with van der Waals surface area (Å²) in [4.78, 5) is 51.0. The topological polar surface area (TPSA) is 92.8 Å². The number of imide groups is 1. The summed E-state index contributed by atoms with van der Waals surface area (Å²) in [6.45, 7) is 1.69. The minimum Gasteiger partial charge on any atom is -0.452 e. The highest BCUT2D eigenvalue weighted by Gasteiger charge is 2.49. The normalized spacial score (nSPS) is 22.7. The number of nitrogens with one attached hydrogen (secondary N) is 1. The highest BCUT2D eigenvalue weighted by molar-refractivity contribution is 6.22. The minimum absolute atomic E-state index is 0.158. The molecule has 3 atom stereocenters. The van der Waals surface area contributed by atoms with Crippen molar-refractivity contribution < 1.29 is 23.9 Å². The van der Waals surface area contributed by atoms with Crippen molar-refractivity contribution in [3.63, 3.8) is 0 Å². The first-order valence-corrected chi connectivity index (χ1v) is 10.4. The Bertz CT molecular complexity index is 1000. The molecule has 2 aromatic rings. The number of para-hydroxylation sites is 1. The number of esters is 1. The molecule has 1 saturated carbocycles. The van der Waals surface area contributed by atoms with Gasteiger partial charge >= 0.3 is 5.97 Å². The van der Waals surface area contributed by atoms with Gasteiger partial charge in [0.05, 0.1) is 23.1 Å². The Morgan fingerprint density at radius 1 is 0.968 bits per heavy atom. The zero-order valence-corrected chi connectivity index (χ0v) is 17.2. The molecule has 160 valence electrons. The van der Waals surface area contributed by atoms with E-state index in [4.69, 9.17) is 4.74 Å². The van der Waals surface area contributed by atoms with Crippen LogP contribution in [0.25, 0.3) is 0 Å². The molecule has 2 fully saturated rings. The quantitative estimate of drug-likeness (QED) is 0.591. The van der Waals surface area contributed by atoms with Crippen molar-refractivity contribution in [2.45, 2.75) is 26.2 Å². The fourth-order valence-electron chi connectivity index (χ4n) is 4.32. The smallest absolute Gasteiger partial charge is 0.338 e. The Morgan fingerprint density at radius 2 is 1.65 bits per heavy atom. The number of ether oxygens (including phenoxy) is 1. The zero-order valence-electron chi connectivity index (χ0n) is 17.2. The molecule has 1 aliphatic carbocycles. The van der Waals surface area contributed by atoms with Gasteiger partial charge in [0.25, 0.3) is 5.91 Å². The second kappa shape index (κ2) is 8.71. The predicted molar refractivity (Wildman–Crippen MR) is 114 cm³/mol. The molecule has 7 nitrogen and oxygen atoms in total. The van der Waals surface area contributed by atoms with Gasteiger partial charge < -0.3 is 10.1 Å². The number of hydrogen-bond donors (Lipinski definition) is 1. The number of carbonyl (C=O) groups excluding carboxylic acids is 4. The van der Waals surface area contributed by atoms with Crippen LogP contribution in [0.1, 0.15) is 36.5 Å². The lowest BCUT2D eigenvalue weighted by Crippen LogP contribution is -2.30. The molecule has 2 aliphatic rings. The molecule has 3 amide bonds. The summed E-state index contributed by atoms with van der Waals surface area (Å²) in [5, 5.41) is 2.63. The van der Waals surface area contributed by atoms with Crippen LogP contribution in [0.15, 0.2) is 54.6 Å². The van der Waals surface area contributed by atoms with E-state index >= 15 is 0 Å². The Balaban J connectivity index is 1.36. The van der Waals surface area contributed by atoms with Crippen LogP contribution in [0, 0.1) is 17.8 Å². The third-order valence-corrected chi connectivity index (χ3v) is 5.94. The number of hydrogen-bond acceptors (Lipinski definition) is 5. The number of benzene rings is 2. The lowest BCUT2D eigenvalue weighted by molar-refractivity contribution is -0.122. The minimum atomic E-state index is -0.656. The molecule has 31 heavy (non-hydrogen) atoms. The van der Waals surface area contributed by atoms with Crippen molar-refractivity contribution in [2.24, 2.45) is 17.8 Å². The number of nitrogens with zero attached hydrogens (tertiary/aromatic N) is 1. The summed E-state index contributed by atoms with van der Waals surface area (Å²) < 4.78 is 5.06. The van der Waals surface area contributed by atoms with Crippen LogP contribution >= 0.6 is 0 Å². The maximum atomic E-state index is 12.8. The van der Waals surface area contributed by atoms with Crippen LogP contribution in [0.4, 0.5) is 11.4 Å². The average molecular weight is 420 g/mol. The first kappa shape index (κ1) is 20.8. The van der Waals surface area contributed by atoms with Crippen LogP contribution in [0.3, 0.4) is 0 Å². The maximum Gasteiger partial charge on any atom is 0.338 e. The molecular formula is C24H24N2O5. The van der Waals surface area contributed by atoms with E-state index < -0.39 is 18.5 Å². The van der Waals surface area contributed by atoms with Crippen molar-refractivity contribution in [3.8, 4) is 0 Å². The van der Waals surface area contributed by atoms with E-state index in [1.807, 2.05) is 6.07 Å². The van der Waals surface area contributed by atoms with Gasteiger partial charge in [-0.05, 0) is 61.6 Å². The van der Waals surface area contributed by atoms with Gasteiger partial charge in [0.1, 0.15) is 0 Å². The lowest BCUT2D eigenvalue weighted by Gasteiger charge is -2.25. The molecule has 0 spiro atoms. The Labute approximate surface area is 180 Å². The van der Waals surface area contributed by atoms with Gasteiger partial charge in [0, 0.05) is 5.69 Å². The van der Waals surface area contributed by atoms with Gasteiger partial charge in [-0.3, -0.25) is 19.3 Å². The van der Waals surface area contributed by atoms with E-state index in [0.717, 1.165) is 19.3 Å². The van der Waals surface area contributed by atoms with Crippen LogP contribution in [-0.2, 0) is 19.1 Å². The molecule has 0 radical (unpaired) electrons. The summed E-state index contributed by atoms with van der Waals surface area (Å²) in [7, 11) is 0. The second-order valence-electron chi connectivity index (χ2n) is 8.18. The third kappa shape index (κ3) is 4.35. The molecular weight excluding hydrogens is 396 g/mol. The largest absolute Gasteiger partial charge is 0.452 e. The fraction of sp³-hybridized carbons (Fsp3) is 0.333. The van der Waals surface area contributed by atoms with Crippen LogP contribution < -0.4 is 10.2 Å². The first-order chi connectivity index (χ1) is 14.9. The van der Waals surface area contributed by atoms with Crippen LogP contribution in [0.2, 0.25) is 0 Å². The van der Waals surface area contributed by atoms with Crippen molar-refractivity contribution in [1.29, 1.82) is 0 Å². The van der Waals surface area contributed by atoms with Crippen LogP contribution in [0.5, 0.6) is 0 Å². The number of fused-ring (bicyclic) bond motifs is 1. The Morgan fingerprint density at radius 3 is 2.35 bits per heavy atom. The molecule has 0 aromatic heterocycles. The predicted octanol–water partition coefficient (Wildman–Crippen LogP) is 3.41. The van der Waals surface area contributed by atoms with E-state index in [9.17, 15) is 19.2 Å². The summed E-state index contributed by atoms with van der Waals surface area (Å²) in [6, 6.07) is 15.0. The van der Waals surface area contributed by atoms with E-state index in [1.165, 1.54) is 17.0 Å². The molecule has 1 aliphatic heterocycles. The summed E-state index contributed by atoms with van der Waals surface area (Å²) in [5.74, 6) is -1.46. The molecule has 4 rings (SSSR count). The zero-order chi connectivity index (χ0) is 22.0. The molecule has 2 aromatic carbocycles. The van der Waals surface area contributed by atoms with Crippen molar-refractivity contribution in [2.75, 3.05) is 16.8 Å². The highest BCUT2D eigenvalue weighted by atomic mass is 16.5. The van der Waals surface area contributed by atoms with E-state index in [2.05, 4.69) is 12.2 Å². The second-order valence-corrected chi connectivity index (χ2v) is 8.18. The van der Waals surface area contributed by atoms with Crippen molar-refractivity contribution in [3.05, 3.63) is 60.2 Å². The Hall–Kier alpha value is -3.48. The molecule has 1 N–H and O–H groups in total. The summed E-state index contributed by atoms with van der Waals surface area (Å²) in [5.41, 5.74) is 1.31. The summed E-state index contributed by atoms with van der Waals surface area (Å²) >= 11 is 0. The SMILES string of the molecule is C[C@@H]1CC[C@@H]2C(=O)N(c3ccc(C(=O)OCC(=O)Nc4ccccc4)cc3)C(=O)[C@@H]2C1. The summed E-state index contributed by atoms with van der Waals surface area (Å²) in [6.07, 6.45) is 2.43. The third-order valence-electron chi connectivity index (χ3n) is 5.94. The molecule has 1 heterocycles. The van der Waals surface area contributed by atoms with Gasteiger partial charge in [-0.1, -0.05) is 25.1 Å². The number of anilines is 2. The maximum absolute atomic E-state index is 12.8. The Kier molecular flexibility index (Phi) is 5.84. The van der Waals surface area contributed by atoms with Gasteiger partial charge in [-0.2, -0.15) is 0 Å². The van der Waals surface area contributed by atoms with Crippen LogP contribution in [-0.4, -0.2) is 30.3 Å². The lowest BCUT2D eigenvalue weighted by atomic mass is 9.76. The van der Waals surface area contributed by atoms with Gasteiger partial charge in [-0.25, -0.2) is 4.79 Å². The molecule has 0 bridgehead atoms. The first-order valence-electron chi connectivity index (χ1n) is 10.4. The molecule has 0 unspecified atom stereocenters. The standard InChI is InChI=1S/C24H24N2O5/c1-15-7-12-19-20(13-15)23(29)26(22(19)28)18-10-8-16(9-11-18)24(30)31-14-21(27)25-17-5-3-2-4-6-17/h2-6,8-11,15,19-20H,7,12-14H2,1H3,(H,25,27)/t15-,19+,20-/m1/s1. The van der Waals surface area contributed by atoms with Gasteiger partial charge in [0.2, 0.25) is 11.8 Å². The average Bonchev–Trinajstić information content (AvgIpc) is 3.02. The van der Waals surface area contributed by atoms with Crippen molar-refractivity contribution in [1.82, 2.24) is 0 Å². The number of carbonyl (C=O) groups is 4. The number of rotatable bonds is 5. The molecule has 1 saturated heterocycles. The van der Waals surface area contributed by atoms with Gasteiger partial charge in [-0.15, -0.1) is 0 Å². The van der Waals surface area contributed by atoms with E-state index in [1.54, 1.807) is 36.4 Å². The monoisotopic (exact) mass is 420 g/mol. The van der Waals surface area contributed by atoms with E-state index in [-0.39, 0.29) is 29.2 Å². The fourth-order valence-corrected chi connectivity index (χ4v) is 4.32. The number of amides is 3. The van der Waals surface area contributed by atoms with Gasteiger partial charge in [0.15, 0.2) is 6.61 Å². The highest BCUT2D eigenvalue weighted by Crippen LogP contribution is 2.42.